The van der Waals surface area contributed by atoms with Gasteiger partial charge >= 0.3 is 0 Å². The van der Waals surface area contributed by atoms with Crippen molar-refractivity contribution in [3.8, 4) is 17.3 Å². The van der Waals surface area contributed by atoms with Gasteiger partial charge < -0.3 is 19.1 Å². The van der Waals surface area contributed by atoms with Crippen molar-refractivity contribution >= 4 is 16.8 Å². The SMILES string of the molecule is COc1ccc2cc(-c3nc(CCN(C)C(=O)Cc4ccccc4F)no3)[nH]c2c1. The zero-order chi connectivity index (χ0) is 21.1. The minimum Gasteiger partial charge on any atom is -0.497 e. The highest BCUT2D eigenvalue weighted by Gasteiger charge is 2.15. The van der Waals surface area contributed by atoms with Gasteiger partial charge in [-0.05, 0) is 29.8 Å². The summed E-state index contributed by atoms with van der Waals surface area (Å²) in [5.74, 6) is 1.07. The molecular formula is C22H21FN4O3. The van der Waals surface area contributed by atoms with E-state index in [9.17, 15) is 9.18 Å². The second-order valence-corrected chi connectivity index (χ2v) is 6.99. The number of benzene rings is 2. The van der Waals surface area contributed by atoms with Gasteiger partial charge in [-0.25, -0.2) is 4.39 Å². The average molecular weight is 408 g/mol. The first kappa shape index (κ1) is 19.6. The number of methoxy groups -OCH3 is 1. The molecule has 154 valence electrons. The van der Waals surface area contributed by atoms with Crippen LogP contribution >= 0.6 is 0 Å². The number of ether oxygens (including phenoxy) is 1. The molecule has 0 aliphatic heterocycles. The number of hydrogen-bond acceptors (Lipinski definition) is 5. The van der Waals surface area contributed by atoms with Crippen LogP contribution in [0.25, 0.3) is 22.5 Å². The van der Waals surface area contributed by atoms with Crippen LogP contribution in [0.3, 0.4) is 0 Å². The highest BCUT2D eigenvalue weighted by molar-refractivity contribution is 5.85. The summed E-state index contributed by atoms with van der Waals surface area (Å²) in [5.41, 5.74) is 2.00. The van der Waals surface area contributed by atoms with Crippen molar-refractivity contribution in [1.82, 2.24) is 20.0 Å². The van der Waals surface area contributed by atoms with E-state index in [-0.39, 0.29) is 18.1 Å². The molecular weight excluding hydrogens is 387 g/mol. The molecule has 7 nitrogen and oxygen atoms in total. The maximum atomic E-state index is 13.7. The van der Waals surface area contributed by atoms with Crippen LogP contribution in [0.4, 0.5) is 4.39 Å². The van der Waals surface area contributed by atoms with E-state index in [0.29, 0.717) is 35.9 Å². The van der Waals surface area contributed by atoms with E-state index in [2.05, 4.69) is 15.1 Å². The van der Waals surface area contributed by atoms with Gasteiger partial charge in [0.05, 0.1) is 13.5 Å². The Hall–Kier alpha value is -3.68. The zero-order valence-corrected chi connectivity index (χ0v) is 16.7. The highest BCUT2D eigenvalue weighted by Crippen LogP contribution is 2.26. The number of aromatic amines is 1. The number of hydrogen-bond donors (Lipinski definition) is 1. The fraction of sp³-hybridized carbons (Fsp3) is 0.227. The summed E-state index contributed by atoms with van der Waals surface area (Å²) in [4.78, 5) is 21.5. The van der Waals surface area contributed by atoms with Crippen LogP contribution in [-0.4, -0.2) is 46.6 Å². The maximum Gasteiger partial charge on any atom is 0.274 e. The average Bonchev–Trinajstić information content (AvgIpc) is 3.39. The number of amides is 1. The molecule has 1 N–H and O–H groups in total. The molecule has 2 aromatic heterocycles. The third-order valence-electron chi connectivity index (χ3n) is 4.92. The van der Waals surface area contributed by atoms with Crippen molar-refractivity contribution in [2.24, 2.45) is 0 Å². The standard InChI is InChI=1S/C22H21FN4O3/c1-27(21(28)12-14-5-3-4-6-17(14)23)10-9-20-25-22(30-26-20)19-11-15-7-8-16(29-2)13-18(15)24-19/h3-8,11,13,24H,9-10,12H2,1-2H3. The normalized spacial score (nSPS) is 11.0. The smallest absolute Gasteiger partial charge is 0.274 e. The van der Waals surface area contributed by atoms with E-state index in [4.69, 9.17) is 9.26 Å². The van der Waals surface area contributed by atoms with E-state index in [0.717, 1.165) is 16.7 Å². The molecule has 0 aliphatic rings. The van der Waals surface area contributed by atoms with Crippen LogP contribution in [0.2, 0.25) is 0 Å². The van der Waals surface area contributed by atoms with Gasteiger partial charge in [0.15, 0.2) is 5.82 Å². The number of carbonyl (C=O) groups excluding carboxylic acids is 1. The summed E-state index contributed by atoms with van der Waals surface area (Å²) in [6.45, 7) is 0.399. The summed E-state index contributed by atoms with van der Waals surface area (Å²) >= 11 is 0. The largest absolute Gasteiger partial charge is 0.497 e. The summed E-state index contributed by atoms with van der Waals surface area (Å²) in [5, 5.41) is 5.00. The monoisotopic (exact) mass is 408 g/mol. The van der Waals surface area contributed by atoms with E-state index in [1.807, 2.05) is 24.3 Å². The van der Waals surface area contributed by atoms with Gasteiger partial charge in [-0.1, -0.05) is 23.4 Å². The molecule has 0 bridgehead atoms. The summed E-state index contributed by atoms with van der Waals surface area (Å²) < 4.78 is 24.3. The number of nitrogens with zero attached hydrogens (tertiary/aromatic N) is 3. The Morgan fingerprint density at radius 1 is 1.23 bits per heavy atom. The number of halogens is 1. The first-order valence-electron chi connectivity index (χ1n) is 9.50. The van der Waals surface area contributed by atoms with Gasteiger partial charge in [-0.15, -0.1) is 0 Å². The van der Waals surface area contributed by atoms with Gasteiger partial charge in [0.1, 0.15) is 17.3 Å². The second-order valence-electron chi connectivity index (χ2n) is 6.99. The number of fused-ring (bicyclic) bond motifs is 1. The molecule has 4 rings (SSSR count). The summed E-state index contributed by atoms with van der Waals surface area (Å²) in [6, 6.07) is 13.9. The lowest BCUT2D eigenvalue weighted by atomic mass is 10.1. The number of aromatic nitrogens is 3. The van der Waals surface area contributed by atoms with E-state index < -0.39 is 0 Å². The molecule has 0 saturated heterocycles. The highest BCUT2D eigenvalue weighted by atomic mass is 19.1. The third kappa shape index (κ3) is 4.17. The molecule has 1 amide bonds. The summed E-state index contributed by atoms with van der Waals surface area (Å²) in [7, 11) is 3.29. The van der Waals surface area contributed by atoms with E-state index in [1.165, 1.54) is 11.0 Å². The van der Waals surface area contributed by atoms with Crippen LogP contribution < -0.4 is 4.74 Å². The lowest BCUT2D eigenvalue weighted by molar-refractivity contribution is -0.129. The molecule has 0 radical (unpaired) electrons. The van der Waals surface area contributed by atoms with Gasteiger partial charge in [0.25, 0.3) is 5.89 Å². The molecule has 30 heavy (non-hydrogen) atoms. The number of H-pyrrole nitrogens is 1. The Labute approximate surface area is 172 Å². The van der Waals surface area contributed by atoms with Crippen molar-refractivity contribution < 1.29 is 18.4 Å². The number of carbonyl (C=O) groups is 1. The lowest BCUT2D eigenvalue weighted by Gasteiger charge is -2.16. The minimum atomic E-state index is -0.377. The van der Waals surface area contributed by atoms with Crippen molar-refractivity contribution in [1.29, 1.82) is 0 Å². The first-order valence-corrected chi connectivity index (χ1v) is 9.50. The van der Waals surface area contributed by atoms with Crippen LogP contribution in [0.1, 0.15) is 11.4 Å². The van der Waals surface area contributed by atoms with Crippen LogP contribution in [0, 0.1) is 5.82 Å². The fourth-order valence-electron chi connectivity index (χ4n) is 3.15. The van der Waals surface area contributed by atoms with Crippen LogP contribution in [-0.2, 0) is 17.6 Å². The predicted octanol–water partition coefficient (Wildman–Crippen LogP) is 3.61. The summed E-state index contributed by atoms with van der Waals surface area (Å²) in [6.07, 6.45) is 0.441. The Bertz CT molecular complexity index is 1180. The lowest BCUT2D eigenvalue weighted by Crippen LogP contribution is -2.30. The molecule has 2 heterocycles. The molecule has 0 aliphatic carbocycles. The van der Waals surface area contributed by atoms with Crippen molar-refractivity contribution in [2.45, 2.75) is 12.8 Å². The maximum absolute atomic E-state index is 13.7. The number of rotatable bonds is 7. The second kappa shape index (κ2) is 8.36. The molecule has 8 heteroatoms. The van der Waals surface area contributed by atoms with Gasteiger partial charge in [0, 0.05) is 37.0 Å². The molecule has 2 aromatic carbocycles. The Morgan fingerprint density at radius 2 is 2.07 bits per heavy atom. The predicted molar refractivity (Wildman–Crippen MR) is 110 cm³/mol. The Balaban J connectivity index is 1.38. The van der Waals surface area contributed by atoms with Gasteiger partial charge in [0.2, 0.25) is 5.91 Å². The van der Waals surface area contributed by atoms with Gasteiger partial charge in [-0.3, -0.25) is 4.79 Å². The van der Waals surface area contributed by atoms with Crippen molar-refractivity contribution in [2.75, 3.05) is 20.7 Å². The third-order valence-corrected chi connectivity index (χ3v) is 4.92. The van der Waals surface area contributed by atoms with Crippen LogP contribution in [0.5, 0.6) is 5.75 Å². The molecule has 0 atom stereocenters. The Kier molecular flexibility index (Phi) is 5.47. The quantitative estimate of drug-likeness (QED) is 0.505. The zero-order valence-electron chi connectivity index (χ0n) is 16.7. The molecule has 4 aromatic rings. The first-order chi connectivity index (χ1) is 14.5. The number of likely N-dealkylation sites (N-methyl/N-ethyl adjacent to an activating group) is 1. The molecule has 0 fully saturated rings. The van der Waals surface area contributed by atoms with E-state index in [1.54, 1.807) is 32.4 Å². The van der Waals surface area contributed by atoms with Crippen molar-refractivity contribution in [3.05, 3.63) is 65.7 Å². The number of nitrogens with one attached hydrogen (secondary N) is 1. The molecule has 0 spiro atoms. The van der Waals surface area contributed by atoms with Crippen molar-refractivity contribution in [3.63, 3.8) is 0 Å². The van der Waals surface area contributed by atoms with Gasteiger partial charge in [-0.2, -0.15) is 4.98 Å². The minimum absolute atomic E-state index is 0.0131. The van der Waals surface area contributed by atoms with Crippen LogP contribution in [0.15, 0.2) is 53.1 Å². The fourth-order valence-corrected chi connectivity index (χ4v) is 3.15. The molecule has 0 unspecified atom stereocenters. The molecule has 0 saturated carbocycles. The topological polar surface area (TPSA) is 84.2 Å². The Morgan fingerprint density at radius 3 is 2.87 bits per heavy atom. The van der Waals surface area contributed by atoms with E-state index >= 15 is 0 Å².